The number of rotatable bonds is 8. The van der Waals surface area contributed by atoms with Crippen LogP contribution in [0.15, 0.2) is 24.3 Å². The number of aromatic nitrogens is 2. The first kappa shape index (κ1) is 21.4. The molecule has 4 rings (SSSR count). The molecular weight excluding hydrogens is 392 g/mol. The molecule has 2 aromatic rings. The van der Waals surface area contributed by atoms with E-state index in [0.717, 1.165) is 24.9 Å². The Labute approximate surface area is 183 Å². The maximum absolute atomic E-state index is 12.3. The molecule has 3 heterocycles. The van der Waals surface area contributed by atoms with Crippen LogP contribution in [0.3, 0.4) is 0 Å². The molecule has 1 fully saturated rings. The van der Waals surface area contributed by atoms with Gasteiger partial charge in [0.15, 0.2) is 11.6 Å². The van der Waals surface area contributed by atoms with Gasteiger partial charge in [0, 0.05) is 13.1 Å². The fourth-order valence-electron chi connectivity index (χ4n) is 4.22. The van der Waals surface area contributed by atoms with Crippen LogP contribution in [0.5, 0.6) is 6.01 Å². The van der Waals surface area contributed by atoms with Gasteiger partial charge in [-0.15, -0.1) is 0 Å². The van der Waals surface area contributed by atoms with E-state index in [1.54, 1.807) is 0 Å². The first-order chi connectivity index (χ1) is 15.0. The van der Waals surface area contributed by atoms with Gasteiger partial charge in [0.25, 0.3) is 0 Å². The average Bonchev–Trinajstić information content (AvgIpc) is 3.23. The number of carbonyl (C=O) groups excluding carboxylic acids is 1. The summed E-state index contributed by atoms with van der Waals surface area (Å²) < 4.78 is 5.86. The average molecular weight is 425 g/mol. The number of nitrogens with two attached hydrogens (primary N) is 1. The summed E-state index contributed by atoms with van der Waals surface area (Å²) in [4.78, 5) is 25.5. The third kappa shape index (κ3) is 5.25. The van der Waals surface area contributed by atoms with Gasteiger partial charge in [0.2, 0.25) is 5.91 Å². The summed E-state index contributed by atoms with van der Waals surface area (Å²) in [6.45, 7) is 8.23. The second-order valence-electron chi connectivity index (χ2n) is 8.51. The molecule has 0 radical (unpaired) electrons. The van der Waals surface area contributed by atoms with Crippen LogP contribution < -0.4 is 20.7 Å². The number of nitrogen functional groups attached to an aromatic ring is 1. The Morgan fingerprint density at radius 3 is 2.48 bits per heavy atom. The van der Waals surface area contributed by atoms with Crippen LogP contribution in [0.25, 0.3) is 0 Å². The van der Waals surface area contributed by atoms with Crippen molar-refractivity contribution in [3.05, 3.63) is 35.4 Å². The van der Waals surface area contributed by atoms with Crippen LogP contribution in [-0.4, -0.2) is 46.5 Å². The monoisotopic (exact) mass is 424 g/mol. The van der Waals surface area contributed by atoms with E-state index in [4.69, 9.17) is 10.5 Å². The minimum Gasteiger partial charge on any atom is -0.460 e. The number of nitrogens with one attached hydrogen (secondary N) is 1. The molecule has 0 aliphatic carbocycles. The minimum absolute atomic E-state index is 0.00256. The van der Waals surface area contributed by atoms with Gasteiger partial charge in [-0.3, -0.25) is 9.69 Å². The molecule has 1 atom stereocenters. The Morgan fingerprint density at radius 2 is 1.81 bits per heavy atom. The summed E-state index contributed by atoms with van der Waals surface area (Å²) in [6, 6.07) is 8.85. The van der Waals surface area contributed by atoms with Gasteiger partial charge in [0.05, 0.1) is 12.6 Å². The number of hydrogen-bond acceptors (Lipinski definition) is 7. The number of nitrogens with zero attached hydrogens (tertiary/aromatic N) is 4. The summed E-state index contributed by atoms with van der Waals surface area (Å²) in [5.74, 6) is 0.705. The van der Waals surface area contributed by atoms with Crippen molar-refractivity contribution < 1.29 is 9.53 Å². The van der Waals surface area contributed by atoms with Gasteiger partial charge in [0.1, 0.15) is 5.69 Å². The molecular formula is C23H32N6O2. The second kappa shape index (κ2) is 9.51. The number of hydrogen-bond donors (Lipinski definition) is 2. The number of carbonyl (C=O) groups is 1. The van der Waals surface area contributed by atoms with Crippen molar-refractivity contribution in [2.75, 3.05) is 35.6 Å². The Hall–Kier alpha value is -2.87. The highest BCUT2D eigenvalue weighted by molar-refractivity contribution is 6.03. The molecule has 0 bridgehead atoms. The predicted octanol–water partition coefficient (Wildman–Crippen LogP) is 3.18. The van der Waals surface area contributed by atoms with E-state index in [1.807, 2.05) is 11.8 Å². The summed E-state index contributed by atoms with van der Waals surface area (Å²) in [5, 5.41) is 2.81. The number of fused-ring (bicyclic) bond motifs is 1. The lowest BCUT2D eigenvalue weighted by Gasteiger charge is -2.30. The highest BCUT2D eigenvalue weighted by Gasteiger charge is 2.27. The van der Waals surface area contributed by atoms with Crippen LogP contribution >= 0.6 is 0 Å². The number of likely N-dealkylation sites (tertiary alicyclic amines) is 1. The molecule has 3 N–H and O–H groups in total. The van der Waals surface area contributed by atoms with E-state index >= 15 is 0 Å². The highest BCUT2D eigenvalue weighted by Crippen LogP contribution is 2.34. The molecule has 8 heteroatoms. The number of amides is 1. The van der Waals surface area contributed by atoms with E-state index in [0.29, 0.717) is 18.1 Å². The van der Waals surface area contributed by atoms with Crippen molar-refractivity contribution in [1.29, 1.82) is 0 Å². The van der Waals surface area contributed by atoms with E-state index in [9.17, 15) is 4.79 Å². The van der Waals surface area contributed by atoms with Crippen LogP contribution in [0.2, 0.25) is 0 Å². The SMILES string of the molecule is CCCC(C)Oc1nc(N)c2c(n1)N(Cc1ccc(CN3CCCC3)cc1)CC(=O)N2. The molecule has 2 aliphatic rings. The summed E-state index contributed by atoms with van der Waals surface area (Å²) in [6.07, 6.45) is 4.50. The van der Waals surface area contributed by atoms with Crippen molar-refractivity contribution in [1.82, 2.24) is 14.9 Å². The van der Waals surface area contributed by atoms with Crippen molar-refractivity contribution in [3.8, 4) is 6.01 Å². The molecule has 8 nitrogen and oxygen atoms in total. The maximum Gasteiger partial charge on any atom is 0.320 e. The highest BCUT2D eigenvalue weighted by atomic mass is 16.5. The van der Waals surface area contributed by atoms with Gasteiger partial charge in [-0.05, 0) is 50.4 Å². The first-order valence-electron chi connectivity index (χ1n) is 11.2. The third-order valence-corrected chi connectivity index (χ3v) is 5.80. The molecule has 1 saturated heterocycles. The quantitative estimate of drug-likeness (QED) is 0.672. The fraction of sp³-hybridized carbons (Fsp3) is 0.522. The zero-order valence-electron chi connectivity index (χ0n) is 18.4. The smallest absolute Gasteiger partial charge is 0.320 e. The van der Waals surface area contributed by atoms with Crippen LogP contribution in [-0.2, 0) is 17.9 Å². The van der Waals surface area contributed by atoms with Gasteiger partial charge in [-0.2, -0.15) is 9.97 Å². The molecule has 1 unspecified atom stereocenters. The Bertz CT molecular complexity index is 911. The number of anilines is 3. The number of benzene rings is 1. The topological polar surface area (TPSA) is 96.6 Å². The lowest BCUT2D eigenvalue weighted by molar-refractivity contribution is -0.115. The van der Waals surface area contributed by atoms with Crippen molar-refractivity contribution >= 4 is 23.2 Å². The third-order valence-electron chi connectivity index (χ3n) is 5.80. The lowest BCUT2D eigenvalue weighted by atomic mass is 10.1. The Morgan fingerprint density at radius 1 is 1.13 bits per heavy atom. The van der Waals surface area contributed by atoms with Crippen molar-refractivity contribution in [2.45, 2.75) is 58.7 Å². The first-order valence-corrected chi connectivity index (χ1v) is 11.2. The summed E-state index contributed by atoms with van der Waals surface area (Å²) in [7, 11) is 0. The van der Waals surface area contributed by atoms with Crippen molar-refractivity contribution in [2.24, 2.45) is 0 Å². The summed E-state index contributed by atoms with van der Waals surface area (Å²) >= 11 is 0. The Balaban J connectivity index is 1.51. The summed E-state index contributed by atoms with van der Waals surface area (Å²) in [5.41, 5.74) is 9.02. The normalized spacial score (nSPS) is 17.4. The zero-order valence-corrected chi connectivity index (χ0v) is 18.4. The Kier molecular flexibility index (Phi) is 6.56. The number of ether oxygens (including phenoxy) is 1. The fourth-order valence-corrected chi connectivity index (χ4v) is 4.22. The maximum atomic E-state index is 12.3. The molecule has 2 aliphatic heterocycles. The van der Waals surface area contributed by atoms with Crippen molar-refractivity contribution in [3.63, 3.8) is 0 Å². The molecule has 166 valence electrons. The second-order valence-corrected chi connectivity index (χ2v) is 8.51. The molecule has 0 spiro atoms. The van der Waals surface area contributed by atoms with E-state index in [-0.39, 0.29) is 30.4 Å². The molecule has 1 aromatic carbocycles. The zero-order chi connectivity index (χ0) is 21.8. The molecule has 1 amide bonds. The molecule has 0 saturated carbocycles. The van der Waals surface area contributed by atoms with E-state index in [2.05, 4.69) is 51.4 Å². The lowest BCUT2D eigenvalue weighted by Crippen LogP contribution is -2.39. The van der Waals surface area contributed by atoms with E-state index in [1.165, 1.54) is 31.5 Å². The minimum atomic E-state index is -0.124. The molecule has 31 heavy (non-hydrogen) atoms. The van der Waals surface area contributed by atoms with Gasteiger partial charge in [-0.1, -0.05) is 37.6 Å². The van der Waals surface area contributed by atoms with Gasteiger partial charge in [-0.25, -0.2) is 0 Å². The standard InChI is InChI=1S/C23H32N6O2/c1-3-6-16(2)31-23-26-21(24)20-22(27-23)29(15-19(30)25-20)14-18-9-7-17(8-10-18)13-28-11-4-5-12-28/h7-10,16H,3-6,11-15H2,1-2H3,(H,25,30)(H2,24,26,27). The molecule has 1 aromatic heterocycles. The van der Waals surface area contributed by atoms with Crippen LogP contribution in [0.1, 0.15) is 50.7 Å². The van der Waals surface area contributed by atoms with E-state index < -0.39 is 0 Å². The van der Waals surface area contributed by atoms with Crippen LogP contribution in [0.4, 0.5) is 17.3 Å². The van der Waals surface area contributed by atoms with Crippen LogP contribution in [0, 0.1) is 0 Å². The van der Waals surface area contributed by atoms with Gasteiger partial charge < -0.3 is 20.7 Å². The largest absolute Gasteiger partial charge is 0.460 e. The predicted molar refractivity (Wildman–Crippen MR) is 122 cm³/mol. The van der Waals surface area contributed by atoms with Gasteiger partial charge >= 0.3 is 6.01 Å².